The minimum Gasteiger partial charge on any atom is -0.391 e. The van der Waals surface area contributed by atoms with Gasteiger partial charge < -0.3 is 19.8 Å². The van der Waals surface area contributed by atoms with Gasteiger partial charge >= 0.3 is 7.82 Å². The van der Waals surface area contributed by atoms with Crippen LogP contribution in [-0.2, 0) is 18.4 Å². The van der Waals surface area contributed by atoms with Crippen molar-refractivity contribution in [3.05, 3.63) is 48.6 Å². The molecule has 0 saturated heterocycles. The van der Waals surface area contributed by atoms with E-state index in [0.29, 0.717) is 23.9 Å². The normalized spacial score (nSPS) is 14.3. The van der Waals surface area contributed by atoms with Gasteiger partial charge in [-0.15, -0.1) is 0 Å². The Balaban J connectivity index is 3.96. The number of nitrogens with zero attached hydrogens (tertiary/aromatic N) is 1. The maximum absolute atomic E-state index is 13.0. The van der Waals surface area contributed by atoms with Gasteiger partial charge in [0.15, 0.2) is 0 Å². The Labute approximate surface area is 416 Å². The molecule has 9 heteroatoms. The van der Waals surface area contributed by atoms with Crippen LogP contribution in [0.25, 0.3) is 0 Å². The molecule has 0 spiro atoms. The number of phosphoric ester groups is 1. The lowest BCUT2D eigenvalue weighted by Gasteiger charge is -2.26. The van der Waals surface area contributed by atoms with E-state index < -0.39 is 20.0 Å². The number of hydrogen-bond donors (Lipinski definition) is 3. The predicted octanol–water partition coefficient (Wildman–Crippen LogP) is 17.2. The molecule has 3 N–H and O–H groups in total. The largest absolute Gasteiger partial charge is 0.472 e. The number of nitrogens with one attached hydrogen (secondary N) is 1. The number of carbonyl (C=O) groups is 1. The lowest BCUT2D eigenvalue weighted by Crippen LogP contribution is -2.46. The van der Waals surface area contributed by atoms with Crippen molar-refractivity contribution in [2.75, 3.05) is 40.9 Å². The molecule has 0 aliphatic carbocycles. The second kappa shape index (κ2) is 49.4. The number of phosphoric acid groups is 1. The fourth-order valence-corrected chi connectivity index (χ4v) is 9.13. The first-order valence-corrected chi connectivity index (χ1v) is 30.0. The Hall–Kier alpha value is -1.54. The lowest BCUT2D eigenvalue weighted by atomic mass is 10.0. The van der Waals surface area contributed by atoms with Crippen LogP contribution in [0.1, 0.15) is 264 Å². The van der Waals surface area contributed by atoms with Gasteiger partial charge in [-0.2, -0.15) is 0 Å². The maximum Gasteiger partial charge on any atom is 0.472 e. The number of rotatable bonds is 52. The lowest BCUT2D eigenvalue weighted by molar-refractivity contribution is -0.870. The summed E-state index contributed by atoms with van der Waals surface area (Å²) in [6.07, 6.45) is 64.6. The molecular weight excluding hydrogens is 852 g/mol. The van der Waals surface area contributed by atoms with Crippen molar-refractivity contribution in [1.29, 1.82) is 0 Å². The smallest absolute Gasteiger partial charge is 0.391 e. The first-order chi connectivity index (χ1) is 32.5. The van der Waals surface area contributed by atoms with E-state index in [1.54, 1.807) is 0 Å². The van der Waals surface area contributed by atoms with E-state index >= 15 is 0 Å². The van der Waals surface area contributed by atoms with E-state index in [1.807, 2.05) is 21.1 Å². The maximum atomic E-state index is 13.0. The van der Waals surface area contributed by atoms with Crippen molar-refractivity contribution in [1.82, 2.24) is 5.32 Å². The van der Waals surface area contributed by atoms with Crippen molar-refractivity contribution < 1.29 is 32.9 Å². The molecule has 0 rings (SSSR count). The third-order valence-corrected chi connectivity index (χ3v) is 13.8. The van der Waals surface area contributed by atoms with Crippen molar-refractivity contribution >= 4 is 13.7 Å². The van der Waals surface area contributed by atoms with Crippen LogP contribution in [0.2, 0.25) is 0 Å². The second-order valence-electron chi connectivity index (χ2n) is 20.6. The Kier molecular flexibility index (Phi) is 48.3. The highest BCUT2D eigenvalue weighted by atomic mass is 31.2. The Bertz CT molecular complexity index is 1230. The number of aliphatic hydroxyl groups excluding tert-OH is 1. The van der Waals surface area contributed by atoms with E-state index in [2.05, 4.69) is 67.8 Å². The molecule has 3 atom stereocenters. The van der Waals surface area contributed by atoms with Crippen molar-refractivity contribution in [3.63, 3.8) is 0 Å². The molecule has 0 aliphatic heterocycles. The summed E-state index contributed by atoms with van der Waals surface area (Å²) in [7, 11) is 1.62. The molecule has 1 amide bonds. The zero-order valence-electron chi connectivity index (χ0n) is 44.9. The molecule has 0 aliphatic rings. The van der Waals surface area contributed by atoms with Gasteiger partial charge in [-0.25, -0.2) is 4.57 Å². The number of allylic oxidation sites excluding steroid dienone is 8. The van der Waals surface area contributed by atoms with Crippen LogP contribution in [0.4, 0.5) is 0 Å². The average Bonchev–Trinajstić information content (AvgIpc) is 3.29. The Morgan fingerprint density at radius 2 is 0.896 bits per heavy atom. The molecule has 67 heavy (non-hydrogen) atoms. The first-order valence-electron chi connectivity index (χ1n) is 28.5. The summed E-state index contributed by atoms with van der Waals surface area (Å²) >= 11 is 0. The fourth-order valence-electron chi connectivity index (χ4n) is 8.39. The van der Waals surface area contributed by atoms with Gasteiger partial charge in [0.25, 0.3) is 0 Å². The molecule has 0 radical (unpaired) electrons. The van der Waals surface area contributed by atoms with Gasteiger partial charge in [-0.1, -0.05) is 255 Å². The monoisotopic (exact) mass is 964 g/mol. The number of carbonyl (C=O) groups excluding carboxylic acids is 1. The summed E-state index contributed by atoms with van der Waals surface area (Å²) in [4.78, 5) is 23.3. The molecule has 0 aromatic heterocycles. The number of unbranched alkanes of at least 4 members (excludes halogenated alkanes) is 31. The number of hydrogen-bond acceptors (Lipinski definition) is 5. The first kappa shape index (κ1) is 65.5. The SMILES string of the molecule is CC/C=C\C/C=C\C/C=C\C/C=C\CCCCCCCCCCCCCCCCCCCCCCC(=O)NC(COP(=O)(O)OCC[N+](C)(C)C)C(O)CCCCCCCCCCCCCC. The van der Waals surface area contributed by atoms with Gasteiger partial charge in [0.2, 0.25) is 5.91 Å². The standard InChI is InChI=1S/C58H111N2O6P/c1-6-8-10-12-14-16-18-20-21-22-23-24-25-26-27-28-29-30-31-32-33-34-35-36-37-38-39-40-42-44-46-48-50-52-58(62)59-56(55-66-67(63,64)65-54-53-60(3,4)5)57(61)51-49-47-45-43-41-19-17-15-13-11-9-7-2/h8,10,14,16,20-21,23-24,56-57,61H,6-7,9,11-13,15,17-19,22,25-55H2,1-5H3,(H-,59,62,63,64)/p+1/b10-8-,16-14-,21-20-,24-23-. The van der Waals surface area contributed by atoms with E-state index in [1.165, 1.54) is 173 Å². The van der Waals surface area contributed by atoms with E-state index in [-0.39, 0.29) is 19.1 Å². The second-order valence-corrected chi connectivity index (χ2v) is 22.1. The highest BCUT2D eigenvalue weighted by Gasteiger charge is 2.28. The molecule has 0 fully saturated rings. The summed E-state index contributed by atoms with van der Waals surface area (Å²) < 4.78 is 23.7. The highest BCUT2D eigenvalue weighted by molar-refractivity contribution is 7.47. The number of likely N-dealkylation sites (N-methyl/N-ethyl adjacent to an activating group) is 1. The average molecular weight is 965 g/mol. The number of amides is 1. The minimum atomic E-state index is -4.32. The van der Waals surface area contributed by atoms with Gasteiger partial charge in [0.1, 0.15) is 13.2 Å². The highest BCUT2D eigenvalue weighted by Crippen LogP contribution is 2.43. The molecule has 8 nitrogen and oxygen atoms in total. The summed E-state index contributed by atoms with van der Waals surface area (Å²) in [6, 6.07) is -0.758. The molecular formula is C58H112N2O6P+. The van der Waals surface area contributed by atoms with Crippen LogP contribution < -0.4 is 5.32 Å². The quantitative estimate of drug-likeness (QED) is 0.0243. The molecule has 0 aromatic rings. The summed E-state index contributed by atoms with van der Waals surface area (Å²) in [5.74, 6) is -0.142. The van der Waals surface area contributed by atoms with Crippen LogP contribution in [0.5, 0.6) is 0 Å². The van der Waals surface area contributed by atoms with Crippen LogP contribution in [0.15, 0.2) is 48.6 Å². The molecule has 0 heterocycles. The summed E-state index contributed by atoms with van der Waals surface area (Å²) in [5, 5.41) is 14.0. The van der Waals surface area contributed by atoms with Crippen LogP contribution in [0.3, 0.4) is 0 Å². The van der Waals surface area contributed by atoms with Crippen LogP contribution in [-0.4, -0.2) is 73.4 Å². The zero-order chi connectivity index (χ0) is 49.2. The predicted molar refractivity (Wildman–Crippen MR) is 291 cm³/mol. The molecule has 0 bridgehead atoms. The Morgan fingerprint density at radius 1 is 0.522 bits per heavy atom. The molecule has 0 saturated carbocycles. The van der Waals surface area contributed by atoms with Gasteiger partial charge in [0.05, 0.1) is 39.9 Å². The van der Waals surface area contributed by atoms with Gasteiger partial charge in [-0.3, -0.25) is 13.8 Å². The van der Waals surface area contributed by atoms with Gasteiger partial charge in [-0.05, 0) is 51.4 Å². The molecule has 394 valence electrons. The number of quaternary nitrogens is 1. The molecule has 0 aromatic carbocycles. The number of aliphatic hydroxyl groups is 1. The Morgan fingerprint density at radius 3 is 1.31 bits per heavy atom. The van der Waals surface area contributed by atoms with Crippen molar-refractivity contribution in [2.24, 2.45) is 0 Å². The van der Waals surface area contributed by atoms with Crippen molar-refractivity contribution in [2.45, 2.75) is 276 Å². The van der Waals surface area contributed by atoms with Gasteiger partial charge in [0, 0.05) is 6.42 Å². The fraction of sp³-hybridized carbons (Fsp3) is 0.845. The van der Waals surface area contributed by atoms with Crippen LogP contribution >= 0.6 is 7.82 Å². The van der Waals surface area contributed by atoms with Crippen LogP contribution in [0, 0.1) is 0 Å². The topological polar surface area (TPSA) is 105 Å². The third-order valence-electron chi connectivity index (χ3n) is 12.8. The van der Waals surface area contributed by atoms with E-state index in [0.717, 1.165) is 64.2 Å². The van der Waals surface area contributed by atoms with E-state index in [9.17, 15) is 19.4 Å². The third kappa shape index (κ3) is 52.1. The summed E-state index contributed by atoms with van der Waals surface area (Å²) in [5.41, 5.74) is 0. The zero-order valence-corrected chi connectivity index (χ0v) is 45.8. The molecule has 3 unspecified atom stereocenters. The minimum absolute atomic E-state index is 0.0756. The summed E-state index contributed by atoms with van der Waals surface area (Å²) in [6.45, 7) is 4.79. The van der Waals surface area contributed by atoms with Crippen molar-refractivity contribution in [3.8, 4) is 0 Å². The van der Waals surface area contributed by atoms with E-state index in [4.69, 9.17) is 9.05 Å².